The number of amides is 1. The van der Waals surface area contributed by atoms with Crippen LogP contribution in [0.25, 0.3) is 0 Å². The number of nitrogens with zero attached hydrogens (tertiary/aromatic N) is 1. The third-order valence-corrected chi connectivity index (χ3v) is 3.10. The second-order valence-corrected chi connectivity index (χ2v) is 4.00. The Morgan fingerprint density at radius 3 is 2.08 bits per heavy atom. The van der Waals surface area contributed by atoms with Crippen molar-refractivity contribution in [3.8, 4) is 0 Å². The van der Waals surface area contributed by atoms with Gasteiger partial charge in [0.05, 0.1) is 6.04 Å². The molecular formula is C9H16N2O. The molecule has 2 aliphatic heterocycles. The second kappa shape index (κ2) is 2.73. The molecule has 2 saturated heterocycles. The predicted molar refractivity (Wildman–Crippen MR) is 46.5 cm³/mol. The van der Waals surface area contributed by atoms with E-state index in [2.05, 4.69) is 0 Å². The van der Waals surface area contributed by atoms with Gasteiger partial charge >= 0.3 is 0 Å². The Kier molecular flexibility index (Phi) is 1.83. The molecule has 0 aromatic heterocycles. The van der Waals surface area contributed by atoms with E-state index in [1.165, 1.54) is 25.7 Å². The summed E-state index contributed by atoms with van der Waals surface area (Å²) in [7, 11) is 0. The Balaban J connectivity index is 2.09. The molecule has 0 spiro atoms. The van der Waals surface area contributed by atoms with Gasteiger partial charge in [-0.2, -0.15) is 0 Å². The Hall–Kier alpha value is -0.570. The van der Waals surface area contributed by atoms with Crippen molar-refractivity contribution in [2.45, 2.75) is 50.7 Å². The van der Waals surface area contributed by atoms with Crippen molar-refractivity contribution in [2.75, 3.05) is 0 Å². The molecule has 0 aromatic carbocycles. The zero-order chi connectivity index (χ0) is 8.72. The van der Waals surface area contributed by atoms with Crippen LogP contribution in [-0.2, 0) is 4.79 Å². The summed E-state index contributed by atoms with van der Waals surface area (Å²) in [5.74, 6) is 0.153. The quantitative estimate of drug-likeness (QED) is 0.619. The van der Waals surface area contributed by atoms with Crippen LogP contribution in [0.15, 0.2) is 0 Å². The van der Waals surface area contributed by atoms with Crippen LogP contribution in [0.5, 0.6) is 0 Å². The highest BCUT2D eigenvalue weighted by molar-refractivity contribution is 5.82. The maximum absolute atomic E-state index is 11.6. The van der Waals surface area contributed by atoms with Gasteiger partial charge in [0.1, 0.15) is 0 Å². The Bertz CT molecular complexity index is 183. The zero-order valence-corrected chi connectivity index (χ0v) is 7.49. The van der Waals surface area contributed by atoms with Crippen molar-refractivity contribution in [3.05, 3.63) is 0 Å². The summed E-state index contributed by atoms with van der Waals surface area (Å²) in [6.45, 7) is 1.78. The number of hydrogen-bond donors (Lipinski definition) is 1. The molecule has 2 aliphatic rings. The first kappa shape index (κ1) is 8.05. The highest BCUT2D eigenvalue weighted by Gasteiger charge is 2.42. The van der Waals surface area contributed by atoms with E-state index in [-0.39, 0.29) is 11.9 Å². The molecule has 2 heterocycles. The summed E-state index contributed by atoms with van der Waals surface area (Å²) in [6.07, 6.45) is 4.79. The van der Waals surface area contributed by atoms with Gasteiger partial charge in [-0.25, -0.2) is 0 Å². The number of carbonyl (C=O) groups excluding carboxylic acids is 1. The van der Waals surface area contributed by atoms with Crippen molar-refractivity contribution < 1.29 is 4.79 Å². The molecule has 2 bridgehead atoms. The number of hydrogen-bond acceptors (Lipinski definition) is 2. The highest BCUT2D eigenvalue weighted by atomic mass is 16.2. The third-order valence-electron chi connectivity index (χ3n) is 3.10. The summed E-state index contributed by atoms with van der Waals surface area (Å²) in [4.78, 5) is 13.6. The first-order chi connectivity index (χ1) is 5.70. The fraction of sp³-hybridized carbons (Fsp3) is 0.889. The number of nitrogens with two attached hydrogens (primary N) is 1. The summed E-state index contributed by atoms with van der Waals surface area (Å²) in [5, 5.41) is 0. The summed E-state index contributed by atoms with van der Waals surface area (Å²) in [6, 6.07) is 0.730. The van der Waals surface area contributed by atoms with Gasteiger partial charge in [-0.05, 0) is 32.6 Å². The lowest BCUT2D eigenvalue weighted by Gasteiger charge is -2.23. The van der Waals surface area contributed by atoms with Crippen LogP contribution < -0.4 is 5.73 Å². The molecule has 0 aliphatic carbocycles. The summed E-state index contributed by atoms with van der Waals surface area (Å²) in [5.41, 5.74) is 5.58. The molecule has 2 fully saturated rings. The molecule has 0 saturated carbocycles. The molecule has 3 nitrogen and oxygen atoms in total. The minimum Gasteiger partial charge on any atom is -0.335 e. The van der Waals surface area contributed by atoms with Gasteiger partial charge in [-0.3, -0.25) is 4.79 Å². The van der Waals surface area contributed by atoms with Crippen molar-refractivity contribution >= 4 is 5.91 Å². The van der Waals surface area contributed by atoms with Gasteiger partial charge in [0.15, 0.2) is 0 Å². The molecular weight excluding hydrogens is 152 g/mol. The van der Waals surface area contributed by atoms with Gasteiger partial charge < -0.3 is 10.6 Å². The average Bonchev–Trinajstić information content (AvgIpc) is 2.61. The van der Waals surface area contributed by atoms with Crippen LogP contribution >= 0.6 is 0 Å². The maximum atomic E-state index is 11.6. The normalized spacial score (nSPS) is 35.7. The Labute approximate surface area is 72.9 Å². The van der Waals surface area contributed by atoms with E-state index in [1.54, 1.807) is 6.92 Å². The second-order valence-electron chi connectivity index (χ2n) is 4.00. The molecule has 2 N–H and O–H groups in total. The summed E-state index contributed by atoms with van der Waals surface area (Å²) >= 11 is 0. The van der Waals surface area contributed by atoms with E-state index in [0.29, 0.717) is 12.1 Å². The van der Waals surface area contributed by atoms with E-state index in [1.807, 2.05) is 4.90 Å². The van der Waals surface area contributed by atoms with Crippen LogP contribution in [-0.4, -0.2) is 28.9 Å². The lowest BCUT2D eigenvalue weighted by Crippen LogP contribution is -2.44. The maximum Gasteiger partial charge on any atom is 0.239 e. The summed E-state index contributed by atoms with van der Waals surface area (Å²) < 4.78 is 0. The number of rotatable bonds is 1. The lowest BCUT2D eigenvalue weighted by atomic mass is 10.0. The molecule has 3 heteroatoms. The molecule has 1 atom stereocenters. The van der Waals surface area contributed by atoms with E-state index in [9.17, 15) is 4.79 Å². The molecule has 0 radical (unpaired) electrons. The van der Waals surface area contributed by atoms with Gasteiger partial charge in [-0.1, -0.05) is 0 Å². The molecule has 1 unspecified atom stereocenters. The molecule has 1 amide bonds. The van der Waals surface area contributed by atoms with E-state index >= 15 is 0 Å². The van der Waals surface area contributed by atoms with Crippen molar-refractivity contribution in [1.29, 1.82) is 0 Å². The fourth-order valence-electron chi connectivity index (χ4n) is 2.51. The Morgan fingerprint density at radius 2 is 1.75 bits per heavy atom. The third kappa shape index (κ3) is 1.04. The average molecular weight is 168 g/mol. The van der Waals surface area contributed by atoms with Crippen LogP contribution in [0.2, 0.25) is 0 Å². The van der Waals surface area contributed by atoms with Crippen LogP contribution in [0.3, 0.4) is 0 Å². The molecule has 2 rings (SSSR count). The highest BCUT2D eigenvalue weighted by Crippen LogP contribution is 2.37. The van der Waals surface area contributed by atoms with E-state index in [4.69, 9.17) is 5.73 Å². The SMILES string of the molecule is CC(N)C(=O)N1C2CCC1CC2. The monoisotopic (exact) mass is 168 g/mol. The standard InChI is InChI=1S/C9H16N2O/c1-6(10)9(12)11-7-2-3-8(11)5-4-7/h6-8H,2-5,10H2,1H3. The van der Waals surface area contributed by atoms with E-state index in [0.717, 1.165) is 0 Å². The Morgan fingerprint density at radius 1 is 1.33 bits per heavy atom. The first-order valence-corrected chi connectivity index (χ1v) is 4.78. The minimum absolute atomic E-state index is 0.153. The van der Waals surface area contributed by atoms with Gasteiger partial charge in [0.2, 0.25) is 5.91 Å². The molecule has 0 aromatic rings. The number of carbonyl (C=O) groups is 1. The largest absolute Gasteiger partial charge is 0.335 e. The van der Waals surface area contributed by atoms with Gasteiger partial charge in [0, 0.05) is 12.1 Å². The van der Waals surface area contributed by atoms with Crippen molar-refractivity contribution in [1.82, 2.24) is 4.90 Å². The van der Waals surface area contributed by atoms with Gasteiger partial charge in [0.25, 0.3) is 0 Å². The topological polar surface area (TPSA) is 46.3 Å². The smallest absolute Gasteiger partial charge is 0.239 e. The van der Waals surface area contributed by atoms with E-state index < -0.39 is 0 Å². The predicted octanol–water partition coefficient (Wildman–Crippen LogP) is 0.487. The number of fused-ring (bicyclic) bond motifs is 2. The first-order valence-electron chi connectivity index (χ1n) is 4.78. The molecule has 68 valence electrons. The van der Waals surface area contributed by atoms with Gasteiger partial charge in [-0.15, -0.1) is 0 Å². The van der Waals surface area contributed by atoms with Crippen LogP contribution in [0.1, 0.15) is 32.6 Å². The zero-order valence-electron chi connectivity index (χ0n) is 7.49. The fourth-order valence-corrected chi connectivity index (χ4v) is 2.51. The van der Waals surface area contributed by atoms with Crippen LogP contribution in [0, 0.1) is 0 Å². The molecule has 12 heavy (non-hydrogen) atoms. The van der Waals surface area contributed by atoms with Crippen molar-refractivity contribution in [3.63, 3.8) is 0 Å². The minimum atomic E-state index is -0.314. The lowest BCUT2D eigenvalue weighted by molar-refractivity contribution is -0.133. The van der Waals surface area contributed by atoms with Crippen molar-refractivity contribution in [2.24, 2.45) is 5.73 Å². The van der Waals surface area contributed by atoms with Crippen LogP contribution in [0.4, 0.5) is 0 Å².